The summed E-state index contributed by atoms with van der Waals surface area (Å²) in [6.07, 6.45) is 2.60. The SMILES string of the molecule is CC(C)Cc1nc(-c2ncccc2Br)nc(N)c1I. The Kier molecular flexibility index (Phi) is 4.72. The summed E-state index contributed by atoms with van der Waals surface area (Å²) in [5.74, 6) is 1.60. The van der Waals surface area contributed by atoms with Gasteiger partial charge in [0.15, 0.2) is 5.82 Å². The third kappa shape index (κ3) is 3.42. The molecular formula is C13H14BrIN4. The van der Waals surface area contributed by atoms with Crippen LogP contribution in [0.3, 0.4) is 0 Å². The van der Waals surface area contributed by atoms with E-state index in [0.29, 0.717) is 17.6 Å². The van der Waals surface area contributed by atoms with Crippen molar-refractivity contribution in [3.05, 3.63) is 32.1 Å². The van der Waals surface area contributed by atoms with Crippen molar-refractivity contribution in [1.82, 2.24) is 15.0 Å². The van der Waals surface area contributed by atoms with Crippen LogP contribution in [0.5, 0.6) is 0 Å². The first kappa shape index (κ1) is 14.6. The predicted octanol–water partition coefficient (Wildman–Crippen LogP) is 3.69. The van der Waals surface area contributed by atoms with Crippen LogP contribution in [0, 0.1) is 9.49 Å². The Morgan fingerprint density at radius 3 is 2.74 bits per heavy atom. The Balaban J connectivity index is 2.54. The molecule has 0 aliphatic rings. The van der Waals surface area contributed by atoms with E-state index in [-0.39, 0.29) is 0 Å². The van der Waals surface area contributed by atoms with Gasteiger partial charge in [-0.25, -0.2) is 9.97 Å². The summed E-state index contributed by atoms with van der Waals surface area (Å²) in [5, 5.41) is 0. The molecule has 0 aromatic carbocycles. The lowest BCUT2D eigenvalue weighted by atomic mass is 10.1. The van der Waals surface area contributed by atoms with Crippen LogP contribution in [0.4, 0.5) is 5.82 Å². The number of pyridine rings is 1. The first-order valence-electron chi connectivity index (χ1n) is 5.91. The van der Waals surface area contributed by atoms with Crippen molar-refractivity contribution in [1.29, 1.82) is 0 Å². The molecule has 0 aliphatic carbocycles. The third-order valence-electron chi connectivity index (χ3n) is 2.52. The van der Waals surface area contributed by atoms with Crippen molar-refractivity contribution in [3.63, 3.8) is 0 Å². The van der Waals surface area contributed by atoms with Crippen molar-refractivity contribution < 1.29 is 0 Å². The van der Waals surface area contributed by atoms with Crippen LogP contribution in [0.2, 0.25) is 0 Å². The first-order valence-corrected chi connectivity index (χ1v) is 7.79. The molecule has 0 radical (unpaired) electrons. The second-order valence-electron chi connectivity index (χ2n) is 4.62. The second-order valence-corrected chi connectivity index (χ2v) is 6.56. The molecule has 100 valence electrons. The zero-order valence-corrected chi connectivity index (χ0v) is 14.4. The van der Waals surface area contributed by atoms with E-state index >= 15 is 0 Å². The summed E-state index contributed by atoms with van der Waals surface area (Å²) >= 11 is 5.67. The molecule has 2 N–H and O–H groups in total. The molecule has 0 unspecified atom stereocenters. The van der Waals surface area contributed by atoms with Gasteiger partial charge in [0, 0.05) is 10.7 Å². The molecule has 0 amide bonds. The van der Waals surface area contributed by atoms with Crippen LogP contribution in [-0.4, -0.2) is 15.0 Å². The van der Waals surface area contributed by atoms with Gasteiger partial charge in [0.25, 0.3) is 0 Å². The maximum absolute atomic E-state index is 5.98. The highest BCUT2D eigenvalue weighted by molar-refractivity contribution is 14.1. The Labute approximate surface area is 134 Å². The molecule has 0 aliphatic heterocycles. The lowest BCUT2D eigenvalue weighted by Crippen LogP contribution is -2.08. The Morgan fingerprint density at radius 2 is 2.11 bits per heavy atom. The van der Waals surface area contributed by atoms with Gasteiger partial charge in [0.1, 0.15) is 11.5 Å². The zero-order valence-electron chi connectivity index (χ0n) is 10.7. The van der Waals surface area contributed by atoms with Crippen LogP contribution < -0.4 is 5.73 Å². The minimum absolute atomic E-state index is 0.513. The lowest BCUT2D eigenvalue weighted by Gasteiger charge is -2.11. The van der Waals surface area contributed by atoms with Crippen molar-refractivity contribution in [2.75, 3.05) is 5.73 Å². The van der Waals surface area contributed by atoms with E-state index in [4.69, 9.17) is 5.73 Å². The van der Waals surface area contributed by atoms with E-state index in [1.807, 2.05) is 12.1 Å². The molecule has 2 aromatic rings. The molecule has 2 heterocycles. The number of nitrogen functional groups attached to an aromatic ring is 1. The van der Waals surface area contributed by atoms with Crippen LogP contribution in [0.15, 0.2) is 22.8 Å². The minimum Gasteiger partial charge on any atom is -0.383 e. The molecule has 4 nitrogen and oxygen atoms in total. The fourth-order valence-electron chi connectivity index (χ4n) is 1.69. The normalized spacial score (nSPS) is 11.0. The fourth-order valence-corrected chi connectivity index (χ4v) is 2.58. The summed E-state index contributed by atoms with van der Waals surface area (Å²) in [5.41, 5.74) is 7.68. The third-order valence-corrected chi connectivity index (χ3v) is 4.33. The van der Waals surface area contributed by atoms with E-state index < -0.39 is 0 Å². The number of hydrogen-bond donors (Lipinski definition) is 1. The summed E-state index contributed by atoms with van der Waals surface area (Å²) in [6.45, 7) is 4.31. The highest BCUT2D eigenvalue weighted by atomic mass is 127. The van der Waals surface area contributed by atoms with E-state index in [0.717, 1.165) is 25.9 Å². The summed E-state index contributed by atoms with van der Waals surface area (Å²) < 4.78 is 1.80. The number of nitrogens with two attached hydrogens (primary N) is 1. The molecule has 0 saturated heterocycles. The Bertz CT molecular complexity index is 601. The quantitative estimate of drug-likeness (QED) is 0.751. The van der Waals surface area contributed by atoms with Gasteiger partial charge in [0.2, 0.25) is 0 Å². The molecule has 0 atom stereocenters. The van der Waals surface area contributed by atoms with E-state index in [1.54, 1.807) is 6.20 Å². The van der Waals surface area contributed by atoms with Crippen molar-refractivity contribution >= 4 is 44.3 Å². The number of anilines is 1. The van der Waals surface area contributed by atoms with Crippen LogP contribution in [0.1, 0.15) is 19.5 Å². The summed E-state index contributed by atoms with van der Waals surface area (Å²) in [6, 6.07) is 3.78. The molecule has 0 spiro atoms. The maximum Gasteiger partial charge on any atom is 0.181 e. The molecule has 2 aromatic heterocycles. The number of nitrogens with zero attached hydrogens (tertiary/aromatic N) is 3. The highest BCUT2D eigenvalue weighted by Gasteiger charge is 2.14. The number of hydrogen-bond acceptors (Lipinski definition) is 4. The predicted molar refractivity (Wildman–Crippen MR) is 88.6 cm³/mol. The number of aromatic nitrogens is 3. The molecule has 0 bridgehead atoms. The fraction of sp³-hybridized carbons (Fsp3) is 0.308. The topological polar surface area (TPSA) is 64.7 Å². The molecule has 0 fully saturated rings. The van der Waals surface area contributed by atoms with Gasteiger partial charge in [-0.05, 0) is 63.0 Å². The smallest absolute Gasteiger partial charge is 0.181 e. The van der Waals surface area contributed by atoms with Crippen LogP contribution in [-0.2, 0) is 6.42 Å². The Hall–Kier alpha value is -0.760. The Morgan fingerprint density at radius 1 is 1.37 bits per heavy atom. The summed E-state index contributed by atoms with van der Waals surface area (Å²) in [4.78, 5) is 13.3. The molecule has 19 heavy (non-hydrogen) atoms. The molecule has 6 heteroatoms. The van der Waals surface area contributed by atoms with Gasteiger partial charge >= 0.3 is 0 Å². The first-order chi connectivity index (χ1) is 8.99. The van der Waals surface area contributed by atoms with Gasteiger partial charge in [-0.2, -0.15) is 0 Å². The van der Waals surface area contributed by atoms with Crippen molar-refractivity contribution in [3.8, 4) is 11.5 Å². The van der Waals surface area contributed by atoms with Crippen LogP contribution >= 0.6 is 38.5 Å². The standard InChI is InChI=1S/C13H14BrIN4/c1-7(2)6-9-10(15)12(16)19-13(18-9)11-8(14)4-3-5-17-11/h3-5,7H,6H2,1-2H3,(H2,16,18,19). The highest BCUT2D eigenvalue weighted by Crippen LogP contribution is 2.27. The molecular weight excluding hydrogens is 419 g/mol. The van der Waals surface area contributed by atoms with Gasteiger partial charge in [-0.15, -0.1) is 0 Å². The second kappa shape index (κ2) is 6.13. The lowest BCUT2D eigenvalue weighted by molar-refractivity contribution is 0.632. The minimum atomic E-state index is 0.513. The van der Waals surface area contributed by atoms with Crippen molar-refractivity contribution in [2.24, 2.45) is 5.92 Å². The average Bonchev–Trinajstić information content (AvgIpc) is 2.35. The van der Waals surface area contributed by atoms with Gasteiger partial charge in [0.05, 0.1) is 9.26 Å². The van der Waals surface area contributed by atoms with E-state index in [1.165, 1.54) is 0 Å². The van der Waals surface area contributed by atoms with Crippen molar-refractivity contribution in [2.45, 2.75) is 20.3 Å². The zero-order chi connectivity index (χ0) is 14.0. The average molecular weight is 433 g/mol. The van der Waals surface area contributed by atoms with Crippen LogP contribution in [0.25, 0.3) is 11.5 Å². The van der Waals surface area contributed by atoms with Gasteiger partial charge in [-0.3, -0.25) is 4.98 Å². The number of halogens is 2. The van der Waals surface area contributed by atoms with E-state index in [2.05, 4.69) is 67.3 Å². The van der Waals surface area contributed by atoms with Gasteiger partial charge in [-0.1, -0.05) is 13.8 Å². The number of rotatable bonds is 3. The monoisotopic (exact) mass is 432 g/mol. The summed E-state index contributed by atoms with van der Waals surface area (Å²) in [7, 11) is 0. The molecule has 2 rings (SSSR count). The largest absolute Gasteiger partial charge is 0.383 e. The van der Waals surface area contributed by atoms with E-state index in [9.17, 15) is 0 Å². The van der Waals surface area contributed by atoms with Gasteiger partial charge < -0.3 is 5.73 Å². The maximum atomic E-state index is 5.98. The molecule has 0 saturated carbocycles.